The maximum atomic E-state index is 12.1. The molecule has 19 heavy (non-hydrogen) atoms. The summed E-state index contributed by atoms with van der Waals surface area (Å²) >= 11 is 0. The quantitative estimate of drug-likeness (QED) is 0.865. The van der Waals surface area contributed by atoms with Gasteiger partial charge in [-0.3, -0.25) is 4.79 Å². The second-order valence-corrected chi connectivity index (χ2v) is 6.74. The maximum Gasteiger partial charge on any atom is 0.230 e. The minimum absolute atomic E-state index is 0.148. The van der Waals surface area contributed by atoms with Crippen molar-refractivity contribution in [1.29, 1.82) is 0 Å². The Kier molecular flexibility index (Phi) is 2.63. The first-order chi connectivity index (χ1) is 8.91. The third-order valence-corrected chi connectivity index (χ3v) is 4.77. The molecule has 0 aliphatic heterocycles. The molecule has 0 heterocycles. The molecule has 3 nitrogen and oxygen atoms in total. The van der Waals surface area contributed by atoms with Crippen LogP contribution in [0.5, 0.6) is 0 Å². The van der Waals surface area contributed by atoms with E-state index in [9.17, 15) is 4.79 Å². The van der Waals surface area contributed by atoms with Crippen molar-refractivity contribution in [2.75, 3.05) is 10.6 Å². The molecule has 2 aliphatic rings. The van der Waals surface area contributed by atoms with Gasteiger partial charge in [-0.1, -0.05) is 13.8 Å². The molecule has 2 saturated carbocycles. The van der Waals surface area contributed by atoms with E-state index in [1.54, 1.807) is 0 Å². The highest BCUT2D eigenvalue weighted by Crippen LogP contribution is 2.52. The number of benzene rings is 1. The standard InChI is InChI=1S/C16H22N2O/c1-11-10-16(11,3)14(19)17-12-4-6-13(7-5-12)18-15(2)8-9-15/h4-7,11,18H,8-10H2,1-3H3,(H,17,19). The van der Waals surface area contributed by atoms with Crippen molar-refractivity contribution in [2.24, 2.45) is 11.3 Å². The monoisotopic (exact) mass is 258 g/mol. The minimum atomic E-state index is -0.154. The fraction of sp³-hybridized carbons (Fsp3) is 0.562. The van der Waals surface area contributed by atoms with Crippen LogP contribution in [0, 0.1) is 11.3 Å². The van der Waals surface area contributed by atoms with Crippen molar-refractivity contribution in [3.8, 4) is 0 Å². The summed E-state index contributed by atoms with van der Waals surface area (Å²) in [6.07, 6.45) is 3.47. The predicted molar refractivity (Wildman–Crippen MR) is 78.2 cm³/mol. The fourth-order valence-electron chi connectivity index (χ4n) is 2.47. The lowest BCUT2D eigenvalue weighted by molar-refractivity contribution is -0.121. The highest BCUT2D eigenvalue weighted by molar-refractivity contribution is 5.97. The average Bonchev–Trinajstić information content (AvgIpc) is 3.23. The van der Waals surface area contributed by atoms with Crippen molar-refractivity contribution >= 4 is 17.3 Å². The van der Waals surface area contributed by atoms with Crippen LogP contribution in [0.1, 0.15) is 40.0 Å². The van der Waals surface area contributed by atoms with E-state index in [-0.39, 0.29) is 11.3 Å². The van der Waals surface area contributed by atoms with E-state index in [1.807, 2.05) is 31.2 Å². The molecule has 0 saturated heterocycles. The van der Waals surface area contributed by atoms with E-state index in [4.69, 9.17) is 0 Å². The Morgan fingerprint density at radius 2 is 1.68 bits per heavy atom. The molecule has 1 amide bonds. The molecule has 0 spiro atoms. The van der Waals surface area contributed by atoms with Gasteiger partial charge in [0.15, 0.2) is 0 Å². The van der Waals surface area contributed by atoms with Gasteiger partial charge in [-0.2, -0.15) is 0 Å². The molecule has 0 aromatic heterocycles. The van der Waals surface area contributed by atoms with Gasteiger partial charge < -0.3 is 10.6 Å². The van der Waals surface area contributed by atoms with Crippen LogP contribution in [0.25, 0.3) is 0 Å². The molecule has 0 radical (unpaired) electrons. The summed E-state index contributed by atoms with van der Waals surface area (Å²) in [5, 5.41) is 6.52. The van der Waals surface area contributed by atoms with Gasteiger partial charge in [0.2, 0.25) is 5.91 Å². The third-order valence-electron chi connectivity index (χ3n) is 4.77. The molecule has 2 unspecified atom stereocenters. The van der Waals surface area contributed by atoms with Crippen molar-refractivity contribution in [2.45, 2.75) is 45.6 Å². The second-order valence-electron chi connectivity index (χ2n) is 6.74. The molecule has 3 rings (SSSR count). The summed E-state index contributed by atoms with van der Waals surface area (Å²) < 4.78 is 0. The number of hydrogen-bond donors (Lipinski definition) is 2. The van der Waals surface area contributed by atoms with Gasteiger partial charge in [-0.15, -0.1) is 0 Å². The smallest absolute Gasteiger partial charge is 0.230 e. The Labute approximate surface area is 114 Å². The Bertz CT molecular complexity index is 504. The van der Waals surface area contributed by atoms with Gasteiger partial charge in [0.1, 0.15) is 0 Å². The summed E-state index contributed by atoms with van der Waals surface area (Å²) in [6, 6.07) is 8.03. The predicted octanol–water partition coefficient (Wildman–Crippen LogP) is 3.64. The Balaban J connectivity index is 1.61. The summed E-state index contributed by atoms with van der Waals surface area (Å²) in [5.41, 5.74) is 2.15. The largest absolute Gasteiger partial charge is 0.380 e. The SMILES string of the molecule is CC1CC1(C)C(=O)Nc1ccc(NC2(C)CC2)cc1. The van der Waals surface area contributed by atoms with Gasteiger partial charge in [0.25, 0.3) is 0 Å². The Hall–Kier alpha value is -1.51. The van der Waals surface area contributed by atoms with E-state index in [2.05, 4.69) is 24.5 Å². The van der Waals surface area contributed by atoms with E-state index in [0.717, 1.165) is 17.8 Å². The zero-order chi connectivity index (χ0) is 13.7. The average molecular weight is 258 g/mol. The van der Waals surface area contributed by atoms with Crippen LogP contribution < -0.4 is 10.6 Å². The Morgan fingerprint density at radius 1 is 1.16 bits per heavy atom. The Morgan fingerprint density at radius 3 is 2.16 bits per heavy atom. The minimum Gasteiger partial charge on any atom is -0.380 e. The zero-order valence-electron chi connectivity index (χ0n) is 11.9. The topological polar surface area (TPSA) is 41.1 Å². The van der Waals surface area contributed by atoms with Gasteiger partial charge in [0.05, 0.1) is 0 Å². The highest BCUT2D eigenvalue weighted by atomic mass is 16.2. The maximum absolute atomic E-state index is 12.1. The van der Waals surface area contributed by atoms with E-state index in [1.165, 1.54) is 12.8 Å². The van der Waals surface area contributed by atoms with Crippen LogP contribution in [-0.4, -0.2) is 11.4 Å². The van der Waals surface area contributed by atoms with E-state index < -0.39 is 0 Å². The number of carbonyl (C=O) groups is 1. The number of carbonyl (C=O) groups excluding carboxylic acids is 1. The van der Waals surface area contributed by atoms with Gasteiger partial charge >= 0.3 is 0 Å². The number of anilines is 2. The lowest BCUT2D eigenvalue weighted by atomic mass is 10.1. The van der Waals surface area contributed by atoms with Crippen LogP contribution in [0.4, 0.5) is 11.4 Å². The molecule has 102 valence electrons. The van der Waals surface area contributed by atoms with Crippen LogP contribution in [-0.2, 0) is 4.79 Å². The van der Waals surface area contributed by atoms with E-state index in [0.29, 0.717) is 11.5 Å². The molecule has 2 atom stereocenters. The first-order valence-corrected chi connectivity index (χ1v) is 7.11. The lowest BCUT2D eigenvalue weighted by Gasteiger charge is -2.15. The fourth-order valence-corrected chi connectivity index (χ4v) is 2.47. The number of hydrogen-bond acceptors (Lipinski definition) is 2. The van der Waals surface area contributed by atoms with Gasteiger partial charge in [0, 0.05) is 22.3 Å². The van der Waals surface area contributed by atoms with Crippen molar-refractivity contribution in [1.82, 2.24) is 0 Å². The number of rotatable bonds is 4. The van der Waals surface area contributed by atoms with Gasteiger partial charge in [-0.05, 0) is 56.4 Å². The molecule has 0 bridgehead atoms. The van der Waals surface area contributed by atoms with E-state index >= 15 is 0 Å². The molecule has 3 heteroatoms. The molecular formula is C16H22N2O. The number of nitrogens with one attached hydrogen (secondary N) is 2. The summed E-state index contributed by atoms with van der Waals surface area (Å²) in [7, 11) is 0. The molecular weight excluding hydrogens is 236 g/mol. The van der Waals surface area contributed by atoms with Crippen LogP contribution in [0.2, 0.25) is 0 Å². The first kappa shape index (κ1) is 12.5. The first-order valence-electron chi connectivity index (χ1n) is 7.11. The van der Waals surface area contributed by atoms with Crippen LogP contribution >= 0.6 is 0 Å². The zero-order valence-corrected chi connectivity index (χ0v) is 11.9. The summed E-state index contributed by atoms with van der Waals surface area (Å²) in [4.78, 5) is 12.1. The summed E-state index contributed by atoms with van der Waals surface area (Å²) in [5.74, 6) is 0.651. The van der Waals surface area contributed by atoms with Crippen LogP contribution in [0.15, 0.2) is 24.3 Å². The lowest BCUT2D eigenvalue weighted by Crippen LogP contribution is -2.23. The molecule has 2 N–H and O–H groups in total. The summed E-state index contributed by atoms with van der Waals surface area (Å²) in [6.45, 7) is 6.40. The number of amides is 1. The third kappa shape index (κ3) is 2.46. The normalized spacial score (nSPS) is 30.6. The molecule has 1 aromatic rings. The second kappa shape index (κ2) is 3.99. The molecule has 2 aliphatic carbocycles. The molecule has 1 aromatic carbocycles. The van der Waals surface area contributed by atoms with Crippen molar-refractivity contribution in [3.05, 3.63) is 24.3 Å². The highest BCUT2D eigenvalue weighted by Gasteiger charge is 2.52. The van der Waals surface area contributed by atoms with Gasteiger partial charge in [-0.25, -0.2) is 0 Å². The van der Waals surface area contributed by atoms with Crippen molar-refractivity contribution < 1.29 is 4.79 Å². The van der Waals surface area contributed by atoms with Crippen molar-refractivity contribution in [3.63, 3.8) is 0 Å². The van der Waals surface area contributed by atoms with Crippen LogP contribution in [0.3, 0.4) is 0 Å². The molecule has 2 fully saturated rings.